The van der Waals surface area contributed by atoms with Crippen molar-refractivity contribution in [2.24, 2.45) is 0 Å². The first-order chi connectivity index (χ1) is 8.75. The Kier molecular flexibility index (Phi) is 4.66. The number of hydrogen-bond acceptors (Lipinski definition) is 3. The molecule has 0 aliphatic carbocycles. The average molecular weight is 252 g/mol. The van der Waals surface area contributed by atoms with Gasteiger partial charge >= 0.3 is 0 Å². The van der Waals surface area contributed by atoms with Gasteiger partial charge in [0.2, 0.25) is 5.91 Å². The van der Waals surface area contributed by atoms with Gasteiger partial charge in [-0.05, 0) is 11.6 Å². The summed E-state index contributed by atoms with van der Waals surface area (Å²) in [7, 11) is 0. The molecule has 1 aliphatic rings. The zero-order valence-electron chi connectivity index (χ0n) is 10.1. The molecule has 2 rings (SSSR count). The Morgan fingerprint density at radius 1 is 1.50 bits per heavy atom. The van der Waals surface area contributed by atoms with Crippen LogP contribution in [0, 0.1) is 5.82 Å². The Labute approximate surface area is 106 Å². The third-order valence-corrected chi connectivity index (χ3v) is 2.84. The van der Waals surface area contributed by atoms with Gasteiger partial charge in [0.05, 0.1) is 19.1 Å². The van der Waals surface area contributed by atoms with E-state index in [1.54, 1.807) is 18.2 Å². The van der Waals surface area contributed by atoms with Crippen molar-refractivity contribution in [2.75, 3.05) is 26.2 Å². The number of rotatable bonds is 4. The molecule has 0 saturated carbocycles. The molecule has 1 saturated heterocycles. The number of carbonyl (C=O) groups is 1. The smallest absolute Gasteiger partial charge is 0.224 e. The zero-order chi connectivity index (χ0) is 12.8. The van der Waals surface area contributed by atoms with Gasteiger partial charge in [-0.15, -0.1) is 0 Å². The molecule has 1 aromatic carbocycles. The quantitative estimate of drug-likeness (QED) is 0.819. The van der Waals surface area contributed by atoms with Gasteiger partial charge in [0.1, 0.15) is 5.82 Å². The van der Waals surface area contributed by atoms with Crippen molar-refractivity contribution in [3.8, 4) is 0 Å². The van der Waals surface area contributed by atoms with Crippen LogP contribution in [0.5, 0.6) is 0 Å². The second-order valence-corrected chi connectivity index (χ2v) is 4.27. The molecule has 0 bridgehead atoms. The first-order valence-corrected chi connectivity index (χ1v) is 6.08. The van der Waals surface area contributed by atoms with E-state index in [4.69, 9.17) is 4.74 Å². The van der Waals surface area contributed by atoms with Crippen LogP contribution in [0.15, 0.2) is 24.3 Å². The summed E-state index contributed by atoms with van der Waals surface area (Å²) in [4.78, 5) is 11.7. The number of nitrogens with one attached hydrogen (secondary N) is 2. The highest BCUT2D eigenvalue weighted by molar-refractivity contribution is 5.78. The van der Waals surface area contributed by atoms with Gasteiger partial charge in [-0.1, -0.05) is 18.2 Å². The van der Waals surface area contributed by atoms with Crippen molar-refractivity contribution in [2.45, 2.75) is 12.5 Å². The van der Waals surface area contributed by atoms with Crippen molar-refractivity contribution in [1.82, 2.24) is 10.6 Å². The first-order valence-electron chi connectivity index (χ1n) is 6.08. The van der Waals surface area contributed by atoms with E-state index in [1.165, 1.54) is 6.07 Å². The van der Waals surface area contributed by atoms with Crippen molar-refractivity contribution in [1.29, 1.82) is 0 Å². The van der Waals surface area contributed by atoms with E-state index in [-0.39, 0.29) is 24.2 Å². The van der Waals surface area contributed by atoms with Crippen LogP contribution >= 0.6 is 0 Å². The van der Waals surface area contributed by atoms with Crippen molar-refractivity contribution in [3.05, 3.63) is 35.6 Å². The highest BCUT2D eigenvalue weighted by atomic mass is 19.1. The third kappa shape index (κ3) is 3.78. The number of halogens is 1. The summed E-state index contributed by atoms with van der Waals surface area (Å²) in [5, 5.41) is 5.94. The Morgan fingerprint density at radius 2 is 2.33 bits per heavy atom. The van der Waals surface area contributed by atoms with Crippen molar-refractivity contribution >= 4 is 5.91 Å². The maximum Gasteiger partial charge on any atom is 0.224 e. The summed E-state index contributed by atoms with van der Waals surface area (Å²) in [5.41, 5.74) is 0.415. The molecule has 18 heavy (non-hydrogen) atoms. The number of benzene rings is 1. The highest BCUT2D eigenvalue weighted by Gasteiger charge is 2.14. The molecule has 0 aromatic heterocycles. The molecule has 4 nitrogen and oxygen atoms in total. The maximum absolute atomic E-state index is 13.3. The topological polar surface area (TPSA) is 50.4 Å². The van der Waals surface area contributed by atoms with Crippen LogP contribution in [-0.4, -0.2) is 38.3 Å². The van der Waals surface area contributed by atoms with Gasteiger partial charge < -0.3 is 15.4 Å². The molecule has 1 aliphatic heterocycles. The fraction of sp³-hybridized carbons (Fsp3) is 0.462. The van der Waals surface area contributed by atoms with Gasteiger partial charge in [0, 0.05) is 19.6 Å². The molecule has 1 unspecified atom stereocenters. The molecular formula is C13H17FN2O2. The number of carbonyl (C=O) groups excluding carboxylic acids is 1. The molecule has 0 radical (unpaired) electrons. The molecule has 1 amide bonds. The maximum atomic E-state index is 13.3. The Morgan fingerprint density at radius 3 is 3.06 bits per heavy atom. The van der Waals surface area contributed by atoms with Crippen LogP contribution in [0.1, 0.15) is 5.56 Å². The lowest BCUT2D eigenvalue weighted by Gasteiger charge is -2.23. The van der Waals surface area contributed by atoms with E-state index in [1.807, 2.05) is 0 Å². The molecule has 1 atom stereocenters. The normalized spacial score (nSPS) is 19.5. The molecule has 98 valence electrons. The summed E-state index contributed by atoms with van der Waals surface area (Å²) in [6, 6.07) is 6.31. The van der Waals surface area contributed by atoms with E-state index < -0.39 is 0 Å². The lowest BCUT2D eigenvalue weighted by Crippen LogP contribution is -2.45. The molecular weight excluding hydrogens is 235 g/mol. The number of amides is 1. The summed E-state index contributed by atoms with van der Waals surface area (Å²) in [5.74, 6) is -0.530. The van der Waals surface area contributed by atoms with E-state index >= 15 is 0 Å². The lowest BCUT2D eigenvalue weighted by atomic mass is 10.1. The van der Waals surface area contributed by atoms with E-state index in [0.717, 1.165) is 13.1 Å². The zero-order valence-corrected chi connectivity index (χ0v) is 10.1. The molecule has 2 N–H and O–H groups in total. The van der Waals surface area contributed by atoms with E-state index in [2.05, 4.69) is 10.6 Å². The number of hydrogen-bond donors (Lipinski definition) is 2. The minimum absolute atomic E-state index is 0.00307. The average Bonchev–Trinajstić information content (AvgIpc) is 2.40. The van der Waals surface area contributed by atoms with Gasteiger partial charge in [-0.2, -0.15) is 0 Å². The molecule has 0 spiro atoms. The molecule has 1 heterocycles. The van der Waals surface area contributed by atoms with Gasteiger partial charge in [-0.3, -0.25) is 4.79 Å². The number of morpholine rings is 1. The summed E-state index contributed by atoms with van der Waals surface area (Å²) in [6.07, 6.45) is 0.0654. The van der Waals surface area contributed by atoms with Crippen molar-refractivity contribution in [3.63, 3.8) is 0 Å². The third-order valence-electron chi connectivity index (χ3n) is 2.84. The highest BCUT2D eigenvalue weighted by Crippen LogP contribution is 2.06. The van der Waals surface area contributed by atoms with Crippen LogP contribution in [0.25, 0.3) is 0 Å². The second kappa shape index (κ2) is 6.47. The van der Waals surface area contributed by atoms with Crippen LogP contribution in [0.2, 0.25) is 0 Å². The standard InChI is InChI=1S/C13H17FN2O2/c14-12-4-2-1-3-10(12)7-13(17)16-9-11-8-15-5-6-18-11/h1-4,11,15H,5-9H2,(H,16,17). The van der Waals surface area contributed by atoms with Gasteiger partial charge in [0.25, 0.3) is 0 Å². The molecule has 1 aromatic rings. The van der Waals surface area contributed by atoms with Gasteiger partial charge in [0.15, 0.2) is 0 Å². The summed E-state index contributed by atoms with van der Waals surface area (Å²) < 4.78 is 18.8. The minimum atomic E-state index is -0.344. The molecule has 5 heteroatoms. The van der Waals surface area contributed by atoms with E-state index in [0.29, 0.717) is 18.7 Å². The first kappa shape index (κ1) is 13.0. The Balaban J connectivity index is 1.76. The van der Waals surface area contributed by atoms with Crippen LogP contribution in [0.3, 0.4) is 0 Å². The minimum Gasteiger partial charge on any atom is -0.374 e. The molecule has 1 fully saturated rings. The fourth-order valence-electron chi connectivity index (χ4n) is 1.86. The van der Waals surface area contributed by atoms with Crippen LogP contribution in [-0.2, 0) is 16.0 Å². The summed E-state index contributed by atoms with van der Waals surface area (Å²) >= 11 is 0. The fourth-order valence-corrected chi connectivity index (χ4v) is 1.86. The number of ether oxygens (including phenoxy) is 1. The Hall–Kier alpha value is -1.46. The van der Waals surface area contributed by atoms with E-state index in [9.17, 15) is 9.18 Å². The van der Waals surface area contributed by atoms with Gasteiger partial charge in [-0.25, -0.2) is 4.39 Å². The summed E-state index contributed by atoms with van der Waals surface area (Å²) in [6.45, 7) is 2.70. The monoisotopic (exact) mass is 252 g/mol. The van der Waals surface area contributed by atoms with Crippen LogP contribution in [0.4, 0.5) is 4.39 Å². The Bertz CT molecular complexity index is 406. The second-order valence-electron chi connectivity index (χ2n) is 4.27. The van der Waals surface area contributed by atoms with Crippen LogP contribution < -0.4 is 10.6 Å². The lowest BCUT2D eigenvalue weighted by molar-refractivity contribution is -0.121. The SMILES string of the molecule is O=C(Cc1ccccc1F)NCC1CNCCO1. The van der Waals surface area contributed by atoms with Crippen molar-refractivity contribution < 1.29 is 13.9 Å². The predicted octanol–water partition coefficient (Wildman–Crippen LogP) is 0.473. The largest absolute Gasteiger partial charge is 0.374 e. The predicted molar refractivity (Wildman–Crippen MR) is 65.7 cm³/mol.